The number of carbonyl (C=O) groups is 1. The predicted molar refractivity (Wildman–Crippen MR) is 181 cm³/mol. The van der Waals surface area contributed by atoms with Gasteiger partial charge in [0.25, 0.3) is 0 Å². The molecular weight excluding hydrogens is 598 g/mol. The van der Waals surface area contributed by atoms with E-state index in [1.54, 1.807) is 12.0 Å². The highest BCUT2D eigenvalue weighted by atomic mass is 19.1. The Hall–Kier alpha value is -4.85. The number of piperazine rings is 1. The quantitative estimate of drug-likeness (QED) is 0.203. The van der Waals surface area contributed by atoms with E-state index >= 15 is 4.39 Å². The first kappa shape index (κ1) is 32.1. The number of allylic oxidation sites excluding steroid dienone is 1. The zero-order valence-corrected chi connectivity index (χ0v) is 27.3. The molecule has 0 aromatic heterocycles. The number of hydrogen-bond acceptors (Lipinski definition) is 5. The first-order chi connectivity index (χ1) is 22.6. The molecule has 0 atom stereocenters. The molecule has 6 rings (SSSR count). The zero-order valence-electron chi connectivity index (χ0n) is 27.3. The van der Waals surface area contributed by atoms with E-state index in [0.717, 1.165) is 50.9 Å². The summed E-state index contributed by atoms with van der Waals surface area (Å²) < 4.78 is 47.0. The fourth-order valence-corrected chi connectivity index (χ4v) is 6.27. The third-order valence-electron chi connectivity index (χ3n) is 8.55. The number of nitrogens with zero attached hydrogens (tertiary/aromatic N) is 2. The van der Waals surface area contributed by atoms with Crippen LogP contribution in [0.4, 0.5) is 19.3 Å². The van der Waals surface area contributed by atoms with Crippen LogP contribution in [-0.4, -0.2) is 49.9 Å². The third kappa shape index (κ3) is 7.27. The van der Waals surface area contributed by atoms with Gasteiger partial charge in [-0.1, -0.05) is 36.4 Å². The number of anilines is 1. The minimum absolute atomic E-state index is 0.304. The summed E-state index contributed by atoms with van der Waals surface area (Å²) in [6.07, 6.45) is 0.933. The number of hydrogen-bond donors (Lipinski definition) is 0. The average molecular weight is 639 g/mol. The van der Waals surface area contributed by atoms with E-state index in [2.05, 4.69) is 11.0 Å². The molecule has 4 aromatic carbocycles. The van der Waals surface area contributed by atoms with E-state index in [4.69, 9.17) is 14.2 Å². The first-order valence-corrected chi connectivity index (χ1v) is 16.0. The number of ether oxygens (including phenoxy) is 3. The minimum atomic E-state index is -0.612. The summed E-state index contributed by atoms with van der Waals surface area (Å²) in [5.41, 5.74) is 6.38. The molecule has 2 aliphatic rings. The molecule has 0 unspecified atom stereocenters. The van der Waals surface area contributed by atoms with E-state index in [-0.39, 0.29) is 6.09 Å². The van der Waals surface area contributed by atoms with Crippen molar-refractivity contribution in [2.75, 3.05) is 38.2 Å². The fraction of sp³-hybridized carbons (Fsp3) is 0.308. The minimum Gasteiger partial charge on any atom is -0.496 e. The van der Waals surface area contributed by atoms with Gasteiger partial charge < -0.3 is 24.0 Å². The lowest BCUT2D eigenvalue weighted by Gasteiger charge is -2.37. The molecule has 1 fully saturated rings. The number of amides is 1. The number of fused-ring (bicyclic) bond motifs is 1. The van der Waals surface area contributed by atoms with Crippen molar-refractivity contribution in [1.29, 1.82) is 0 Å². The molecule has 1 aliphatic carbocycles. The third-order valence-corrected chi connectivity index (χ3v) is 8.55. The number of halogens is 2. The van der Waals surface area contributed by atoms with Gasteiger partial charge in [-0.25, -0.2) is 13.6 Å². The molecule has 0 N–H and O–H groups in total. The maximum atomic E-state index is 15.3. The van der Waals surface area contributed by atoms with Crippen LogP contribution in [0.25, 0.3) is 11.1 Å². The molecule has 1 saturated heterocycles. The highest BCUT2D eigenvalue weighted by Gasteiger charge is 2.29. The first-order valence-electron chi connectivity index (χ1n) is 16.0. The Morgan fingerprint density at radius 1 is 0.809 bits per heavy atom. The molecular formula is C39H40F2N2O4. The zero-order chi connectivity index (χ0) is 33.1. The van der Waals surface area contributed by atoms with Crippen LogP contribution in [-0.2, 0) is 17.8 Å². The molecule has 1 aliphatic heterocycles. The van der Waals surface area contributed by atoms with E-state index in [9.17, 15) is 9.18 Å². The van der Waals surface area contributed by atoms with Gasteiger partial charge in [-0.2, -0.15) is 0 Å². The van der Waals surface area contributed by atoms with Crippen LogP contribution in [0.15, 0.2) is 84.9 Å². The van der Waals surface area contributed by atoms with Crippen molar-refractivity contribution in [3.63, 3.8) is 0 Å². The smallest absolute Gasteiger partial charge is 0.410 e. The molecule has 0 bridgehead atoms. The fourth-order valence-electron chi connectivity index (χ4n) is 6.27. The largest absolute Gasteiger partial charge is 0.496 e. The molecule has 0 saturated carbocycles. The lowest BCUT2D eigenvalue weighted by Crippen LogP contribution is -2.50. The predicted octanol–water partition coefficient (Wildman–Crippen LogP) is 8.51. The van der Waals surface area contributed by atoms with Gasteiger partial charge in [0.15, 0.2) is 0 Å². The Labute approximate surface area is 275 Å². The maximum Gasteiger partial charge on any atom is 0.410 e. The van der Waals surface area contributed by atoms with Crippen molar-refractivity contribution < 1.29 is 27.8 Å². The normalized spacial score (nSPS) is 14.9. The molecule has 244 valence electrons. The summed E-state index contributed by atoms with van der Waals surface area (Å²) in [4.78, 5) is 16.5. The van der Waals surface area contributed by atoms with E-state index in [1.807, 2.05) is 81.4 Å². The lowest BCUT2D eigenvalue weighted by atomic mass is 9.79. The van der Waals surface area contributed by atoms with Gasteiger partial charge in [-0.3, -0.25) is 0 Å². The van der Waals surface area contributed by atoms with Crippen LogP contribution in [0, 0.1) is 11.6 Å². The van der Waals surface area contributed by atoms with Gasteiger partial charge in [0.1, 0.15) is 35.3 Å². The maximum absolute atomic E-state index is 15.3. The molecule has 4 aromatic rings. The van der Waals surface area contributed by atoms with Gasteiger partial charge in [-0.15, -0.1) is 0 Å². The van der Waals surface area contributed by atoms with Gasteiger partial charge in [0, 0.05) is 55.1 Å². The summed E-state index contributed by atoms with van der Waals surface area (Å²) in [5.74, 6) is 0.196. The van der Waals surface area contributed by atoms with Gasteiger partial charge >= 0.3 is 6.09 Å². The van der Waals surface area contributed by atoms with E-state index < -0.39 is 17.2 Å². The topological polar surface area (TPSA) is 51.2 Å². The standard InChI is InChI=1S/C39H40F2N2O4/c1-39(2,3)47-38(44)43-20-18-42(19-21-43)29-12-16-34(36(24-29)45-4)37-31-17-13-30(46-25-26-8-6-5-7-9-26)22-27(31)10-14-33(37)32-15-11-28(40)23-35(32)41/h5-9,11-13,15-17,22-24H,10,14,18-21,25H2,1-4H3. The highest BCUT2D eigenvalue weighted by molar-refractivity contribution is 6.02. The van der Waals surface area contributed by atoms with Crippen LogP contribution < -0.4 is 14.4 Å². The molecule has 1 amide bonds. The Bertz CT molecular complexity index is 1790. The second-order valence-electron chi connectivity index (χ2n) is 12.9. The number of aryl methyl sites for hydroxylation is 1. The second kappa shape index (κ2) is 13.5. The number of methoxy groups -OCH3 is 1. The molecule has 0 radical (unpaired) electrons. The number of rotatable bonds is 7. The SMILES string of the molecule is COc1cc(N2CCN(C(=O)OC(C)(C)C)CC2)ccc1C1=C(c2ccc(F)cc2F)CCc2cc(OCc3ccccc3)ccc21. The molecule has 0 spiro atoms. The highest BCUT2D eigenvalue weighted by Crippen LogP contribution is 2.45. The lowest BCUT2D eigenvalue weighted by molar-refractivity contribution is 0.0240. The van der Waals surface area contributed by atoms with Crippen molar-refractivity contribution in [1.82, 2.24) is 4.90 Å². The molecule has 8 heteroatoms. The number of benzene rings is 4. The van der Waals surface area contributed by atoms with Gasteiger partial charge in [0.2, 0.25) is 0 Å². The van der Waals surface area contributed by atoms with Crippen molar-refractivity contribution in [3.05, 3.63) is 124 Å². The van der Waals surface area contributed by atoms with Crippen LogP contribution in [0.3, 0.4) is 0 Å². The summed E-state index contributed by atoms with van der Waals surface area (Å²) in [6, 6.07) is 25.8. The Kier molecular flexibility index (Phi) is 9.21. The van der Waals surface area contributed by atoms with Crippen molar-refractivity contribution >= 4 is 22.9 Å². The molecule has 6 nitrogen and oxygen atoms in total. The van der Waals surface area contributed by atoms with Gasteiger partial charge in [-0.05, 0) is 97.8 Å². The van der Waals surface area contributed by atoms with Crippen molar-refractivity contribution in [2.45, 2.75) is 45.8 Å². The van der Waals surface area contributed by atoms with E-state index in [1.165, 1.54) is 12.1 Å². The number of carbonyl (C=O) groups excluding carboxylic acids is 1. The summed E-state index contributed by atoms with van der Waals surface area (Å²) in [5, 5.41) is 0. The van der Waals surface area contributed by atoms with Crippen molar-refractivity contribution in [3.8, 4) is 11.5 Å². The second-order valence-corrected chi connectivity index (χ2v) is 12.9. The van der Waals surface area contributed by atoms with E-state index in [0.29, 0.717) is 56.9 Å². The Balaban J connectivity index is 1.33. The molecule has 1 heterocycles. The van der Waals surface area contributed by atoms with Crippen LogP contribution >= 0.6 is 0 Å². The summed E-state index contributed by atoms with van der Waals surface area (Å²) in [6.45, 7) is 8.42. The van der Waals surface area contributed by atoms with Crippen LogP contribution in [0.2, 0.25) is 0 Å². The molecule has 47 heavy (non-hydrogen) atoms. The average Bonchev–Trinajstić information content (AvgIpc) is 3.06. The van der Waals surface area contributed by atoms with Gasteiger partial charge in [0.05, 0.1) is 7.11 Å². The van der Waals surface area contributed by atoms with Crippen LogP contribution in [0.5, 0.6) is 11.5 Å². The van der Waals surface area contributed by atoms with Crippen molar-refractivity contribution in [2.24, 2.45) is 0 Å². The Morgan fingerprint density at radius 3 is 2.23 bits per heavy atom. The monoisotopic (exact) mass is 638 g/mol. The Morgan fingerprint density at radius 2 is 1.53 bits per heavy atom. The summed E-state index contributed by atoms with van der Waals surface area (Å²) in [7, 11) is 1.63. The summed E-state index contributed by atoms with van der Waals surface area (Å²) >= 11 is 0. The van der Waals surface area contributed by atoms with Crippen LogP contribution in [0.1, 0.15) is 55.0 Å².